The molecule has 4 amide bonds. The zero-order chi connectivity index (χ0) is 16.9. The lowest BCUT2D eigenvalue weighted by Gasteiger charge is -2.34. The molecule has 1 aliphatic carbocycles. The number of carbonyl (C=O) groups is 3. The summed E-state index contributed by atoms with van der Waals surface area (Å²) in [5, 5.41) is 8.58. The van der Waals surface area contributed by atoms with Crippen molar-refractivity contribution in [3.05, 3.63) is 0 Å². The number of hydrogen-bond donors (Lipinski definition) is 3. The van der Waals surface area contributed by atoms with E-state index < -0.39 is 11.6 Å². The largest absolute Gasteiger partial charge is 0.354 e. The van der Waals surface area contributed by atoms with E-state index in [1.807, 2.05) is 7.05 Å². The van der Waals surface area contributed by atoms with Crippen LogP contribution in [0.3, 0.4) is 0 Å². The van der Waals surface area contributed by atoms with Gasteiger partial charge in [0, 0.05) is 6.54 Å². The van der Waals surface area contributed by atoms with Crippen LogP contribution in [0.15, 0.2) is 0 Å². The molecule has 2 aliphatic rings. The third-order valence-electron chi connectivity index (χ3n) is 5.01. The number of carbonyl (C=O) groups excluding carboxylic acids is 3. The summed E-state index contributed by atoms with van der Waals surface area (Å²) in [6.45, 7) is 3.31. The predicted octanol–water partition coefficient (Wildman–Crippen LogP) is 0.603. The smallest absolute Gasteiger partial charge is 0.325 e. The Hall–Kier alpha value is -1.63. The average molecular weight is 324 g/mol. The first-order valence-corrected chi connectivity index (χ1v) is 8.58. The molecule has 2 rings (SSSR count). The second-order valence-electron chi connectivity index (χ2n) is 6.56. The van der Waals surface area contributed by atoms with Crippen molar-refractivity contribution in [1.82, 2.24) is 20.9 Å². The summed E-state index contributed by atoms with van der Waals surface area (Å²) in [5.74, 6) is 0.112. The van der Waals surface area contributed by atoms with Gasteiger partial charge in [-0.25, -0.2) is 4.79 Å². The topological polar surface area (TPSA) is 90.5 Å². The minimum Gasteiger partial charge on any atom is -0.354 e. The van der Waals surface area contributed by atoms with Crippen LogP contribution >= 0.6 is 0 Å². The van der Waals surface area contributed by atoms with Crippen LogP contribution in [-0.4, -0.2) is 55.0 Å². The molecule has 0 atom stereocenters. The lowest BCUT2D eigenvalue weighted by molar-refractivity contribution is -0.136. The SMILES string of the molecule is CCC1CCC2(CC1)NC(=O)N(CC(=O)NCCCNC)C2=O. The summed E-state index contributed by atoms with van der Waals surface area (Å²) >= 11 is 0. The molecular formula is C16H28N4O3. The molecule has 0 radical (unpaired) electrons. The highest BCUT2D eigenvalue weighted by molar-refractivity contribution is 6.09. The van der Waals surface area contributed by atoms with Crippen LogP contribution in [-0.2, 0) is 9.59 Å². The van der Waals surface area contributed by atoms with Crippen LogP contribution in [0, 0.1) is 5.92 Å². The molecule has 0 aromatic heterocycles. The number of hydrogen-bond acceptors (Lipinski definition) is 4. The van der Waals surface area contributed by atoms with E-state index in [1.54, 1.807) is 0 Å². The van der Waals surface area contributed by atoms with E-state index in [-0.39, 0.29) is 18.4 Å². The summed E-state index contributed by atoms with van der Waals surface area (Å²) in [4.78, 5) is 37.8. The number of rotatable bonds is 7. The van der Waals surface area contributed by atoms with Gasteiger partial charge in [0.15, 0.2) is 0 Å². The molecule has 7 heteroatoms. The van der Waals surface area contributed by atoms with Gasteiger partial charge in [0.25, 0.3) is 5.91 Å². The Labute approximate surface area is 137 Å². The van der Waals surface area contributed by atoms with Gasteiger partial charge in [0.2, 0.25) is 5.91 Å². The molecule has 1 saturated carbocycles. The van der Waals surface area contributed by atoms with Crippen molar-refractivity contribution >= 4 is 17.8 Å². The molecule has 1 saturated heterocycles. The van der Waals surface area contributed by atoms with E-state index >= 15 is 0 Å². The molecule has 2 fully saturated rings. The first kappa shape index (κ1) is 17.7. The molecule has 0 aromatic rings. The third-order valence-corrected chi connectivity index (χ3v) is 5.01. The van der Waals surface area contributed by atoms with E-state index in [1.165, 1.54) is 0 Å². The Morgan fingerprint density at radius 3 is 2.61 bits per heavy atom. The van der Waals surface area contributed by atoms with Gasteiger partial charge < -0.3 is 16.0 Å². The van der Waals surface area contributed by atoms with E-state index in [2.05, 4.69) is 22.9 Å². The second-order valence-corrected chi connectivity index (χ2v) is 6.56. The molecule has 3 N–H and O–H groups in total. The Bertz CT molecular complexity index is 458. The number of amides is 4. The lowest BCUT2D eigenvalue weighted by Crippen LogP contribution is -2.50. The van der Waals surface area contributed by atoms with E-state index in [0.717, 1.165) is 37.1 Å². The molecule has 1 aliphatic heterocycles. The molecular weight excluding hydrogens is 296 g/mol. The van der Waals surface area contributed by atoms with Gasteiger partial charge in [-0.05, 0) is 51.6 Å². The van der Waals surface area contributed by atoms with Crippen LogP contribution in [0.2, 0.25) is 0 Å². The van der Waals surface area contributed by atoms with Crippen molar-refractivity contribution in [2.45, 2.75) is 51.0 Å². The summed E-state index contributed by atoms with van der Waals surface area (Å²) in [7, 11) is 1.85. The second kappa shape index (κ2) is 7.77. The summed E-state index contributed by atoms with van der Waals surface area (Å²) in [6.07, 6.45) is 5.17. The number of urea groups is 1. The average Bonchev–Trinajstić information content (AvgIpc) is 2.77. The van der Waals surface area contributed by atoms with Gasteiger partial charge in [0.05, 0.1) is 0 Å². The Balaban J connectivity index is 1.88. The fraction of sp³-hybridized carbons (Fsp3) is 0.812. The molecule has 23 heavy (non-hydrogen) atoms. The molecule has 1 spiro atoms. The Kier molecular flexibility index (Phi) is 5.98. The van der Waals surface area contributed by atoms with E-state index in [9.17, 15) is 14.4 Å². The zero-order valence-corrected chi connectivity index (χ0v) is 14.1. The van der Waals surface area contributed by atoms with Crippen LogP contribution < -0.4 is 16.0 Å². The highest BCUT2D eigenvalue weighted by atomic mass is 16.2. The van der Waals surface area contributed by atoms with Gasteiger partial charge in [-0.3, -0.25) is 14.5 Å². The highest BCUT2D eigenvalue weighted by Crippen LogP contribution is 2.37. The minimum absolute atomic E-state index is 0.191. The Morgan fingerprint density at radius 2 is 2.00 bits per heavy atom. The summed E-state index contributed by atoms with van der Waals surface area (Å²) < 4.78 is 0. The number of nitrogens with zero attached hydrogens (tertiary/aromatic N) is 1. The highest BCUT2D eigenvalue weighted by Gasteiger charge is 2.52. The monoisotopic (exact) mass is 324 g/mol. The molecule has 7 nitrogen and oxygen atoms in total. The maximum Gasteiger partial charge on any atom is 0.325 e. The van der Waals surface area contributed by atoms with Crippen molar-refractivity contribution in [2.75, 3.05) is 26.7 Å². The number of imide groups is 1. The van der Waals surface area contributed by atoms with E-state index in [4.69, 9.17) is 0 Å². The van der Waals surface area contributed by atoms with Crippen molar-refractivity contribution in [3.8, 4) is 0 Å². The molecule has 0 aromatic carbocycles. The zero-order valence-electron chi connectivity index (χ0n) is 14.1. The van der Waals surface area contributed by atoms with Crippen LogP contribution in [0.1, 0.15) is 45.4 Å². The van der Waals surface area contributed by atoms with Gasteiger partial charge in [-0.1, -0.05) is 13.3 Å². The van der Waals surface area contributed by atoms with Crippen molar-refractivity contribution in [2.24, 2.45) is 5.92 Å². The number of nitrogens with one attached hydrogen (secondary N) is 3. The normalized spacial score (nSPS) is 27.4. The maximum absolute atomic E-state index is 12.7. The first-order chi connectivity index (χ1) is 11.0. The van der Waals surface area contributed by atoms with Crippen molar-refractivity contribution < 1.29 is 14.4 Å². The standard InChI is InChI=1S/C16H28N4O3/c1-3-12-5-7-16(8-6-12)14(22)20(15(23)19-16)11-13(21)18-10-4-9-17-2/h12,17H,3-11H2,1-2H3,(H,18,21)(H,19,23). The summed E-state index contributed by atoms with van der Waals surface area (Å²) in [6, 6.07) is -0.435. The lowest BCUT2D eigenvalue weighted by atomic mass is 9.75. The molecule has 0 unspecified atom stereocenters. The fourth-order valence-corrected chi connectivity index (χ4v) is 3.43. The summed E-state index contributed by atoms with van der Waals surface area (Å²) in [5.41, 5.74) is -0.769. The molecule has 1 heterocycles. The minimum atomic E-state index is -0.769. The van der Waals surface area contributed by atoms with Crippen molar-refractivity contribution in [1.29, 1.82) is 0 Å². The quantitative estimate of drug-likeness (QED) is 0.472. The van der Waals surface area contributed by atoms with Crippen molar-refractivity contribution in [3.63, 3.8) is 0 Å². The van der Waals surface area contributed by atoms with E-state index in [0.29, 0.717) is 25.3 Å². The predicted molar refractivity (Wildman–Crippen MR) is 86.8 cm³/mol. The molecule has 130 valence electrons. The first-order valence-electron chi connectivity index (χ1n) is 8.58. The van der Waals surface area contributed by atoms with Gasteiger partial charge in [0.1, 0.15) is 12.1 Å². The fourth-order valence-electron chi connectivity index (χ4n) is 3.43. The van der Waals surface area contributed by atoms with Gasteiger partial charge in [-0.2, -0.15) is 0 Å². The van der Waals surface area contributed by atoms with Gasteiger partial charge in [-0.15, -0.1) is 0 Å². The van der Waals surface area contributed by atoms with Crippen LogP contribution in [0.4, 0.5) is 4.79 Å². The van der Waals surface area contributed by atoms with Crippen LogP contribution in [0.25, 0.3) is 0 Å². The van der Waals surface area contributed by atoms with Crippen LogP contribution in [0.5, 0.6) is 0 Å². The van der Waals surface area contributed by atoms with Gasteiger partial charge >= 0.3 is 6.03 Å². The third kappa shape index (κ3) is 4.02. The maximum atomic E-state index is 12.7. The Morgan fingerprint density at radius 1 is 1.30 bits per heavy atom. The molecule has 0 bridgehead atoms.